The summed E-state index contributed by atoms with van der Waals surface area (Å²) < 4.78 is 17.3. The van der Waals surface area contributed by atoms with Gasteiger partial charge in [-0.3, -0.25) is 4.99 Å². The van der Waals surface area contributed by atoms with Gasteiger partial charge in [-0.1, -0.05) is 28.1 Å². The Morgan fingerprint density at radius 1 is 1.13 bits per heavy atom. The average Bonchev–Trinajstić information content (AvgIpc) is 2.82. The molecule has 23 heavy (non-hydrogen) atoms. The van der Waals surface area contributed by atoms with Crippen molar-refractivity contribution in [3.05, 3.63) is 81.6 Å². The Hall–Kier alpha value is -2.27. The van der Waals surface area contributed by atoms with Crippen molar-refractivity contribution in [2.24, 2.45) is 4.99 Å². The molecule has 2 aromatic carbocycles. The molecule has 1 aliphatic rings. The van der Waals surface area contributed by atoms with Crippen LogP contribution >= 0.6 is 15.9 Å². The van der Waals surface area contributed by atoms with Crippen molar-refractivity contribution in [3.8, 4) is 5.69 Å². The lowest BCUT2D eigenvalue weighted by Gasteiger charge is -2.12. The van der Waals surface area contributed by atoms with Crippen LogP contribution in [0.4, 0.5) is 4.39 Å². The van der Waals surface area contributed by atoms with Crippen LogP contribution in [0, 0.1) is 12.7 Å². The van der Waals surface area contributed by atoms with E-state index < -0.39 is 0 Å². The molecule has 0 atom stereocenters. The first kappa shape index (κ1) is 14.3. The molecule has 3 nitrogen and oxygen atoms in total. The molecule has 0 aliphatic carbocycles. The van der Waals surface area contributed by atoms with Gasteiger partial charge in [0.2, 0.25) is 0 Å². The molecule has 0 N–H and O–H groups in total. The molecule has 0 bridgehead atoms. The van der Waals surface area contributed by atoms with E-state index in [1.54, 1.807) is 18.5 Å². The Labute approximate surface area is 141 Å². The number of hydrogen-bond donors (Lipinski definition) is 0. The molecular formula is C18H13BrFN3. The summed E-state index contributed by atoms with van der Waals surface area (Å²) in [4.78, 5) is 9.09. The first-order valence-electron chi connectivity index (χ1n) is 7.27. The fraction of sp³-hybridized carbons (Fsp3) is 0.111. The monoisotopic (exact) mass is 369 g/mol. The Balaban J connectivity index is 2.02. The third kappa shape index (κ3) is 2.32. The fourth-order valence-corrected chi connectivity index (χ4v) is 3.25. The predicted molar refractivity (Wildman–Crippen MR) is 91.7 cm³/mol. The fourth-order valence-electron chi connectivity index (χ4n) is 2.89. The molecule has 1 aromatic heterocycles. The molecule has 0 amide bonds. The summed E-state index contributed by atoms with van der Waals surface area (Å²) in [6.45, 7) is 2.44. The van der Waals surface area contributed by atoms with Gasteiger partial charge in [-0.2, -0.15) is 0 Å². The van der Waals surface area contributed by atoms with Gasteiger partial charge in [-0.15, -0.1) is 0 Å². The second kappa shape index (κ2) is 5.42. The van der Waals surface area contributed by atoms with Crippen molar-refractivity contribution in [1.82, 2.24) is 9.55 Å². The van der Waals surface area contributed by atoms with E-state index in [9.17, 15) is 4.39 Å². The highest BCUT2D eigenvalue weighted by Crippen LogP contribution is 2.29. The summed E-state index contributed by atoms with van der Waals surface area (Å²) >= 11 is 3.51. The van der Waals surface area contributed by atoms with Gasteiger partial charge in [-0.05, 0) is 37.3 Å². The number of rotatable bonds is 1. The molecule has 0 fully saturated rings. The number of halogens is 2. The van der Waals surface area contributed by atoms with Crippen molar-refractivity contribution in [3.63, 3.8) is 0 Å². The van der Waals surface area contributed by atoms with E-state index in [1.807, 2.05) is 35.8 Å². The Morgan fingerprint density at radius 2 is 1.96 bits per heavy atom. The lowest BCUT2D eigenvalue weighted by Crippen LogP contribution is -2.08. The number of benzene rings is 2. The average molecular weight is 370 g/mol. The van der Waals surface area contributed by atoms with E-state index in [4.69, 9.17) is 4.99 Å². The highest BCUT2D eigenvalue weighted by atomic mass is 79.9. The molecule has 114 valence electrons. The molecule has 3 aromatic rings. The number of fused-ring (bicyclic) bond motifs is 3. The molecule has 0 radical (unpaired) electrons. The van der Waals surface area contributed by atoms with Gasteiger partial charge in [0.05, 0.1) is 35.7 Å². The first-order chi connectivity index (χ1) is 11.1. The maximum Gasteiger partial charge on any atom is 0.132 e. The van der Waals surface area contributed by atoms with Gasteiger partial charge in [0, 0.05) is 15.6 Å². The second-order valence-electron chi connectivity index (χ2n) is 5.45. The van der Waals surface area contributed by atoms with Gasteiger partial charge in [0.15, 0.2) is 0 Å². The van der Waals surface area contributed by atoms with E-state index >= 15 is 0 Å². The minimum Gasteiger partial charge on any atom is -0.300 e. The zero-order valence-corrected chi connectivity index (χ0v) is 14.0. The molecule has 5 heteroatoms. The number of nitrogens with zero attached hydrogens (tertiary/aromatic N) is 3. The van der Waals surface area contributed by atoms with Crippen molar-refractivity contribution < 1.29 is 4.39 Å². The van der Waals surface area contributed by atoms with Gasteiger partial charge in [0.1, 0.15) is 5.82 Å². The van der Waals surface area contributed by atoms with Crippen LogP contribution in [0.2, 0.25) is 0 Å². The SMILES string of the molecule is Cc1ncn2c1CN=C(c1ccccc1F)c1cc(Br)ccc1-2. The van der Waals surface area contributed by atoms with E-state index in [1.165, 1.54) is 6.07 Å². The van der Waals surface area contributed by atoms with Gasteiger partial charge in [-0.25, -0.2) is 9.37 Å². The molecule has 4 rings (SSSR count). The molecule has 1 aliphatic heterocycles. The molecular weight excluding hydrogens is 357 g/mol. The van der Waals surface area contributed by atoms with Crippen LogP contribution in [-0.2, 0) is 6.54 Å². The highest BCUT2D eigenvalue weighted by Gasteiger charge is 2.22. The zero-order chi connectivity index (χ0) is 16.0. The van der Waals surface area contributed by atoms with Crippen molar-refractivity contribution in [2.45, 2.75) is 13.5 Å². The lowest BCUT2D eigenvalue weighted by molar-refractivity contribution is 0.625. The summed E-state index contributed by atoms with van der Waals surface area (Å²) in [6.07, 6.45) is 1.80. The normalized spacial score (nSPS) is 13.1. The summed E-state index contributed by atoms with van der Waals surface area (Å²) in [5.74, 6) is -0.265. The molecule has 0 unspecified atom stereocenters. The summed E-state index contributed by atoms with van der Waals surface area (Å²) in [5, 5.41) is 0. The van der Waals surface area contributed by atoms with Gasteiger partial charge in [0.25, 0.3) is 0 Å². The van der Waals surface area contributed by atoms with Gasteiger partial charge < -0.3 is 4.57 Å². The first-order valence-corrected chi connectivity index (χ1v) is 8.07. The molecule has 2 heterocycles. The van der Waals surface area contributed by atoms with Crippen molar-refractivity contribution in [1.29, 1.82) is 0 Å². The Morgan fingerprint density at radius 3 is 2.78 bits per heavy atom. The maximum absolute atomic E-state index is 14.3. The van der Waals surface area contributed by atoms with Crippen LogP contribution in [0.15, 0.2) is 58.3 Å². The maximum atomic E-state index is 14.3. The number of aryl methyl sites for hydroxylation is 1. The second-order valence-corrected chi connectivity index (χ2v) is 6.37. The molecule has 0 spiro atoms. The Bertz CT molecular complexity index is 943. The van der Waals surface area contributed by atoms with Crippen LogP contribution in [0.1, 0.15) is 22.5 Å². The number of imidazole rings is 1. The standard InChI is InChI=1S/C18H13BrFN3/c1-11-17-9-21-18(13-4-2-3-5-15(13)20)14-8-12(19)6-7-16(14)23(17)10-22-11/h2-8,10H,9H2,1H3. The summed E-state index contributed by atoms with van der Waals surface area (Å²) in [7, 11) is 0. The van der Waals surface area contributed by atoms with E-state index in [0.717, 1.165) is 27.1 Å². The third-order valence-corrected chi connectivity index (χ3v) is 4.56. The van der Waals surface area contributed by atoms with Crippen molar-refractivity contribution in [2.75, 3.05) is 0 Å². The smallest absolute Gasteiger partial charge is 0.132 e. The van der Waals surface area contributed by atoms with E-state index in [-0.39, 0.29) is 5.82 Å². The highest BCUT2D eigenvalue weighted by molar-refractivity contribution is 9.10. The largest absolute Gasteiger partial charge is 0.300 e. The molecule has 0 saturated carbocycles. The Kier molecular flexibility index (Phi) is 3.38. The van der Waals surface area contributed by atoms with Crippen LogP contribution in [0.25, 0.3) is 5.69 Å². The summed E-state index contributed by atoms with van der Waals surface area (Å²) in [5.41, 5.74) is 5.01. The van der Waals surface area contributed by atoms with Crippen LogP contribution in [0.5, 0.6) is 0 Å². The third-order valence-electron chi connectivity index (χ3n) is 4.06. The topological polar surface area (TPSA) is 30.2 Å². The van der Waals surface area contributed by atoms with E-state index in [0.29, 0.717) is 17.8 Å². The number of aliphatic imine (C=N–C) groups is 1. The molecule has 0 saturated heterocycles. The van der Waals surface area contributed by atoms with Gasteiger partial charge >= 0.3 is 0 Å². The zero-order valence-electron chi connectivity index (χ0n) is 12.4. The van der Waals surface area contributed by atoms with Crippen LogP contribution < -0.4 is 0 Å². The summed E-state index contributed by atoms with van der Waals surface area (Å²) in [6, 6.07) is 12.7. The predicted octanol–water partition coefficient (Wildman–Crippen LogP) is 4.43. The van der Waals surface area contributed by atoms with E-state index in [2.05, 4.69) is 20.9 Å². The minimum atomic E-state index is -0.265. The lowest BCUT2D eigenvalue weighted by atomic mass is 10.00. The van der Waals surface area contributed by atoms with Crippen LogP contribution in [0.3, 0.4) is 0 Å². The number of hydrogen-bond acceptors (Lipinski definition) is 2. The van der Waals surface area contributed by atoms with Crippen LogP contribution in [-0.4, -0.2) is 15.3 Å². The minimum absolute atomic E-state index is 0.265. The quantitative estimate of drug-likeness (QED) is 0.623. The van der Waals surface area contributed by atoms with Crippen molar-refractivity contribution >= 4 is 21.6 Å². The number of aromatic nitrogens is 2.